The molecule has 0 spiro atoms. The third-order valence-corrected chi connectivity index (χ3v) is 3.35. The zero-order chi connectivity index (χ0) is 15.1. The molecule has 1 aliphatic heterocycles. The molecule has 0 aromatic carbocycles. The lowest BCUT2D eigenvalue weighted by molar-refractivity contribution is -0.145. The van der Waals surface area contributed by atoms with E-state index in [1.54, 1.807) is 0 Å². The number of urea groups is 1. The van der Waals surface area contributed by atoms with Gasteiger partial charge >= 0.3 is 18.0 Å². The maximum Gasteiger partial charge on any atom is 0.326 e. The Labute approximate surface area is 117 Å². The third-order valence-electron chi connectivity index (χ3n) is 3.35. The first-order valence-corrected chi connectivity index (χ1v) is 6.63. The number of carbonyl (C=O) groups is 3. The Bertz CT molecular complexity index is 374. The van der Waals surface area contributed by atoms with Crippen LogP contribution in [0.5, 0.6) is 0 Å². The third kappa shape index (κ3) is 5.43. The van der Waals surface area contributed by atoms with Crippen LogP contribution >= 0.6 is 0 Å². The summed E-state index contributed by atoms with van der Waals surface area (Å²) in [5.74, 6) is -2.28. The Morgan fingerprint density at radius 2 is 2.05 bits per heavy atom. The summed E-state index contributed by atoms with van der Waals surface area (Å²) >= 11 is 0. The van der Waals surface area contributed by atoms with Crippen LogP contribution in [0.2, 0.25) is 0 Å². The van der Waals surface area contributed by atoms with E-state index >= 15 is 0 Å². The maximum atomic E-state index is 11.6. The summed E-state index contributed by atoms with van der Waals surface area (Å²) < 4.78 is 0. The van der Waals surface area contributed by atoms with Gasteiger partial charge in [-0.25, -0.2) is 9.59 Å². The molecule has 1 rings (SSSR count). The minimum atomic E-state index is -1.41. The average Bonchev–Trinajstić information content (AvgIpc) is 2.83. The second kappa shape index (κ2) is 7.68. The van der Waals surface area contributed by atoms with E-state index in [0.717, 1.165) is 26.1 Å². The fourth-order valence-corrected chi connectivity index (χ4v) is 2.19. The Morgan fingerprint density at radius 3 is 2.55 bits per heavy atom. The van der Waals surface area contributed by atoms with Gasteiger partial charge in [-0.3, -0.25) is 4.79 Å². The number of likely N-dealkylation sites (tertiary alicyclic amines) is 1. The van der Waals surface area contributed by atoms with Crippen molar-refractivity contribution in [3.63, 3.8) is 0 Å². The molecule has 0 aliphatic carbocycles. The average molecular weight is 287 g/mol. The van der Waals surface area contributed by atoms with Crippen molar-refractivity contribution < 1.29 is 24.6 Å². The van der Waals surface area contributed by atoms with E-state index in [4.69, 9.17) is 10.2 Å². The van der Waals surface area contributed by atoms with E-state index in [1.165, 1.54) is 0 Å². The number of aliphatic carboxylic acids is 2. The Balaban J connectivity index is 2.31. The summed E-state index contributed by atoms with van der Waals surface area (Å²) in [4.78, 5) is 35.1. The van der Waals surface area contributed by atoms with Crippen LogP contribution in [-0.4, -0.2) is 65.3 Å². The summed E-state index contributed by atoms with van der Waals surface area (Å²) in [5, 5.41) is 22.1. The minimum absolute atomic E-state index is 0.350. The van der Waals surface area contributed by atoms with Crippen LogP contribution in [0.25, 0.3) is 0 Å². The van der Waals surface area contributed by atoms with E-state index in [2.05, 4.69) is 22.5 Å². The van der Waals surface area contributed by atoms with Gasteiger partial charge in [-0.05, 0) is 25.4 Å². The topological polar surface area (TPSA) is 119 Å². The number of nitrogens with one attached hydrogen (secondary N) is 2. The highest BCUT2D eigenvalue weighted by molar-refractivity contribution is 5.86. The van der Waals surface area contributed by atoms with E-state index in [9.17, 15) is 14.4 Å². The summed E-state index contributed by atoms with van der Waals surface area (Å²) in [5.41, 5.74) is 0. The van der Waals surface area contributed by atoms with Crippen LogP contribution in [0.15, 0.2) is 0 Å². The molecule has 0 aromatic rings. The number of carboxylic acid groups (broad SMARTS) is 2. The normalized spacial score (nSPS) is 20.4. The lowest BCUT2D eigenvalue weighted by atomic mass is 10.1. The first-order chi connectivity index (χ1) is 9.42. The van der Waals surface area contributed by atoms with Gasteiger partial charge in [0.2, 0.25) is 0 Å². The number of carbonyl (C=O) groups excluding carboxylic acids is 1. The van der Waals surface area contributed by atoms with Crippen LogP contribution in [-0.2, 0) is 9.59 Å². The van der Waals surface area contributed by atoms with E-state index in [0.29, 0.717) is 12.5 Å². The second-order valence-corrected chi connectivity index (χ2v) is 4.89. The van der Waals surface area contributed by atoms with E-state index in [1.807, 2.05) is 0 Å². The molecule has 0 bridgehead atoms. The SMILES string of the molecule is CCN1CCC(CNC(=O)N[C@@H](CC(=O)O)C(=O)O)C1. The lowest BCUT2D eigenvalue weighted by Crippen LogP contribution is -2.48. The number of hydrogen-bond donors (Lipinski definition) is 4. The highest BCUT2D eigenvalue weighted by Crippen LogP contribution is 2.14. The van der Waals surface area contributed by atoms with Gasteiger partial charge in [0.15, 0.2) is 0 Å². The molecule has 1 heterocycles. The van der Waals surface area contributed by atoms with E-state index < -0.39 is 30.4 Å². The second-order valence-electron chi connectivity index (χ2n) is 4.89. The summed E-state index contributed by atoms with van der Waals surface area (Å²) in [7, 11) is 0. The fraction of sp³-hybridized carbons (Fsp3) is 0.750. The minimum Gasteiger partial charge on any atom is -0.481 e. The Kier molecular flexibility index (Phi) is 6.23. The number of nitrogens with zero attached hydrogens (tertiary/aromatic N) is 1. The van der Waals surface area contributed by atoms with Crippen LogP contribution in [0.1, 0.15) is 19.8 Å². The van der Waals surface area contributed by atoms with Gasteiger partial charge in [-0.15, -0.1) is 0 Å². The van der Waals surface area contributed by atoms with Crippen LogP contribution in [0.4, 0.5) is 4.79 Å². The van der Waals surface area contributed by atoms with Gasteiger partial charge in [0, 0.05) is 13.1 Å². The first-order valence-electron chi connectivity index (χ1n) is 6.63. The van der Waals surface area contributed by atoms with Gasteiger partial charge in [0.25, 0.3) is 0 Å². The molecular weight excluding hydrogens is 266 g/mol. The van der Waals surface area contributed by atoms with Crippen molar-refractivity contribution in [3.05, 3.63) is 0 Å². The Hall–Kier alpha value is -1.83. The van der Waals surface area contributed by atoms with Gasteiger partial charge < -0.3 is 25.7 Å². The quantitative estimate of drug-likeness (QED) is 0.504. The maximum absolute atomic E-state index is 11.6. The summed E-state index contributed by atoms with van der Waals surface area (Å²) in [6.45, 7) is 5.42. The fourth-order valence-electron chi connectivity index (χ4n) is 2.19. The predicted molar refractivity (Wildman–Crippen MR) is 70.4 cm³/mol. The molecule has 2 atom stereocenters. The molecule has 8 nitrogen and oxygen atoms in total. The molecule has 0 saturated carbocycles. The summed E-state index contributed by atoms with van der Waals surface area (Å²) in [6, 6.07) is -2.06. The number of carboxylic acids is 2. The van der Waals surface area contributed by atoms with Crippen molar-refractivity contribution in [2.24, 2.45) is 5.92 Å². The standard InChI is InChI=1S/C12H21N3O5/c1-2-15-4-3-8(7-15)6-13-12(20)14-9(11(18)19)5-10(16)17/h8-9H,2-7H2,1H3,(H,16,17)(H,18,19)(H2,13,14,20)/t8?,9-/m0/s1. The van der Waals surface area contributed by atoms with Crippen LogP contribution < -0.4 is 10.6 Å². The molecule has 2 amide bonds. The molecule has 114 valence electrons. The van der Waals surface area contributed by atoms with Gasteiger partial charge in [-0.1, -0.05) is 6.92 Å². The van der Waals surface area contributed by atoms with Gasteiger partial charge in [0.05, 0.1) is 6.42 Å². The van der Waals surface area contributed by atoms with Gasteiger partial charge in [0.1, 0.15) is 6.04 Å². The molecular formula is C12H21N3O5. The van der Waals surface area contributed by atoms with Crippen LogP contribution in [0.3, 0.4) is 0 Å². The molecule has 1 unspecified atom stereocenters. The summed E-state index contributed by atoms with van der Waals surface area (Å²) in [6.07, 6.45) is 0.349. The van der Waals surface area contributed by atoms with Gasteiger partial charge in [-0.2, -0.15) is 0 Å². The van der Waals surface area contributed by atoms with Crippen molar-refractivity contribution in [1.82, 2.24) is 15.5 Å². The molecule has 1 aliphatic rings. The van der Waals surface area contributed by atoms with Crippen molar-refractivity contribution in [2.45, 2.75) is 25.8 Å². The van der Waals surface area contributed by atoms with Crippen molar-refractivity contribution >= 4 is 18.0 Å². The highest BCUT2D eigenvalue weighted by atomic mass is 16.4. The lowest BCUT2D eigenvalue weighted by Gasteiger charge is -2.16. The zero-order valence-corrected chi connectivity index (χ0v) is 11.5. The van der Waals surface area contributed by atoms with E-state index in [-0.39, 0.29) is 0 Å². The largest absolute Gasteiger partial charge is 0.481 e. The zero-order valence-electron chi connectivity index (χ0n) is 11.5. The van der Waals surface area contributed by atoms with Crippen LogP contribution in [0, 0.1) is 5.92 Å². The first kappa shape index (κ1) is 16.2. The molecule has 8 heteroatoms. The Morgan fingerprint density at radius 1 is 1.35 bits per heavy atom. The predicted octanol–water partition coefficient (Wildman–Crippen LogP) is -0.445. The monoisotopic (exact) mass is 287 g/mol. The number of rotatable bonds is 7. The molecule has 1 fully saturated rings. The number of hydrogen-bond acceptors (Lipinski definition) is 4. The van der Waals surface area contributed by atoms with Crippen molar-refractivity contribution in [3.8, 4) is 0 Å². The van der Waals surface area contributed by atoms with Crippen molar-refractivity contribution in [2.75, 3.05) is 26.2 Å². The number of amides is 2. The molecule has 0 radical (unpaired) electrons. The molecule has 20 heavy (non-hydrogen) atoms. The highest BCUT2D eigenvalue weighted by Gasteiger charge is 2.24. The molecule has 0 aromatic heterocycles. The molecule has 1 saturated heterocycles. The molecule has 4 N–H and O–H groups in total. The van der Waals surface area contributed by atoms with Crippen molar-refractivity contribution in [1.29, 1.82) is 0 Å². The smallest absolute Gasteiger partial charge is 0.326 e.